The van der Waals surface area contributed by atoms with Crippen LogP contribution < -0.4 is 16.0 Å². The largest absolute Gasteiger partial charge is 0.324 e. The van der Waals surface area contributed by atoms with Crippen molar-refractivity contribution in [2.75, 3.05) is 23.7 Å². The standard InChI is InChI=1S/C20H18FN5O/c21-15-4-1-3-14-17(9-12-23-19(14)15)25-20(27)26-18-6-2-5-16(24-18)13-7-10-22-11-8-13/h1-7,9,12,22H,8,10-11H2,(H2,23,24,25,26,27). The fourth-order valence-electron chi connectivity index (χ4n) is 3.06. The first-order valence-corrected chi connectivity index (χ1v) is 8.69. The van der Waals surface area contributed by atoms with Gasteiger partial charge in [0, 0.05) is 18.1 Å². The van der Waals surface area contributed by atoms with Gasteiger partial charge >= 0.3 is 6.03 Å². The van der Waals surface area contributed by atoms with Gasteiger partial charge in [0.25, 0.3) is 0 Å². The van der Waals surface area contributed by atoms with Gasteiger partial charge in [-0.1, -0.05) is 24.3 Å². The molecule has 0 aliphatic carbocycles. The maximum atomic E-state index is 13.9. The van der Waals surface area contributed by atoms with Crippen molar-refractivity contribution < 1.29 is 9.18 Å². The van der Waals surface area contributed by atoms with Gasteiger partial charge in [-0.15, -0.1) is 0 Å². The number of nitrogens with one attached hydrogen (secondary N) is 3. The van der Waals surface area contributed by atoms with Crippen LogP contribution in [0.2, 0.25) is 0 Å². The number of fused-ring (bicyclic) bond motifs is 1. The van der Waals surface area contributed by atoms with E-state index in [-0.39, 0.29) is 5.52 Å². The molecular weight excluding hydrogens is 345 g/mol. The summed E-state index contributed by atoms with van der Waals surface area (Å²) in [5.74, 6) is 0.0233. The SMILES string of the molecule is O=C(Nc1cccc(C2=CCNCC2)n1)Nc1ccnc2c(F)cccc12. The van der Waals surface area contributed by atoms with Gasteiger partial charge in [-0.25, -0.2) is 14.2 Å². The third kappa shape index (κ3) is 3.78. The predicted octanol–water partition coefficient (Wildman–Crippen LogP) is 3.79. The summed E-state index contributed by atoms with van der Waals surface area (Å²) in [6, 6.07) is 11.3. The molecule has 0 radical (unpaired) electrons. The third-order valence-corrected chi connectivity index (χ3v) is 4.35. The van der Waals surface area contributed by atoms with Crippen LogP contribution in [0.4, 0.5) is 20.7 Å². The van der Waals surface area contributed by atoms with Crippen molar-refractivity contribution in [2.24, 2.45) is 0 Å². The number of carbonyl (C=O) groups is 1. The Hall–Kier alpha value is -3.32. The number of halogens is 1. The molecule has 1 aromatic carbocycles. The Bertz CT molecular complexity index is 1030. The van der Waals surface area contributed by atoms with Crippen LogP contribution in [0.3, 0.4) is 0 Å². The Morgan fingerprint density at radius 3 is 2.85 bits per heavy atom. The van der Waals surface area contributed by atoms with Crippen molar-refractivity contribution in [3.8, 4) is 0 Å². The molecule has 0 saturated carbocycles. The van der Waals surface area contributed by atoms with Crippen LogP contribution in [0, 0.1) is 5.82 Å². The Labute approximate surface area is 155 Å². The van der Waals surface area contributed by atoms with Crippen molar-refractivity contribution in [1.29, 1.82) is 0 Å². The number of pyridine rings is 2. The maximum absolute atomic E-state index is 13.9. The molecule has 2 amide bonds. The van der Waals surface area contributed by atoms with Crippen molar-refractivity contribution in [1.82, 2.24) is 15.3 Å². The zero-order chi connectivity index (χ0) is 18.6. The molecule has 0 atom stereocenters. The van der Waals surface area contributed by atoms with Crippen LogP contribution in [0.5, 0.6) is 0 Å². The zero-order valence-corrected chi connectivity index (χ0v) is 14.5. The van der Waals surface area contributed by atoms with Gasteiger partial charge in [0.1, 0.15) is 17.2 Å². The van der Waals surface area contributed by atoms with Crippen LogP contribution in [0.25, 0.3) is 16.5 Å². The fourth-order valence-corrected chi connectivity index (χ4v) is 3.06. The average Bonchev–Trinajstić information content (AvgIpc) is 2.70. The highest BCUT2D eigenvalue weighted by atomic mass is 19.1. The molecule has 3 aromatic rings. The van der Waals surface area contributed by atoms with E-state index in [0.717, 1.165) is 30.8 Å². The van der Waals surface area contributed by atoms with E-state index in [4.69, 9.17) is 0 Å². The summed E-state index contributed by atoms with van der Waals surface area (Å²) in [5, 5.41) is 9.27. The number of anilines is 2. The minimum atomic E-state index is -0.448. The minimum absolute atomic E-state index is 0.216. The van der Waals surface area contributed by atoms with E-state index >= 15 is 0 Å². The lowest BCUT2D eigenvalue weighted by Crippen LogP contribution is -2.21. The maximum Gasteiger partial charge on any atom is 0.324 e. The highest BCUT2D eigenvalue weighted by Crippen LogP contribution is 2.24. The molecule has 3 heterocycles. The molecule has 7 heteroatoms. The molecule has 1 aliphatic rings. The lowest BCUT2D eigenvalue weighted by atomic mass is 10.1. The summed E-state index contributed by atoms with van der Waals surface area (Å²) in [6.45, 7) is 1.73. The molecule has 6 nitrogen and oxygen atoms in total. The van der Waals surface area contributed by atoms with Crippen LogP contribution >= 0.6 is 0 Å². The van der Waals surface area contributed by atoms with E-state index in [1.807, 2.05) is 12.1 Å². The summed E-state index contributed by atoms with van der Waals surface area (Å²) in [7, 11) is 0. The van der Waals surface area contributed by atoms with Crippen LogP contribution in [-0.2, 0) is 0 Å². The molecule has 1 aliphatic heterocycles. The molecule has 27 heavy (non-hydrogen) atoms. The van der Waals surface area contributed by atoms with Crippen molar-refractivity contribution in [3.63, 3.8) is 0 Å². The number of amides is 2. The number of benzene rings is 1. The number of urea groups is 1. The number of aromatic nitrogens is 2. The highest BCUT2D eigenvalue weighted by molar-refractivity contribution is 6.05. The normalized spacial score (nSPS) is 13.9. The average molecular weight is 363 g/mol. The molecule has 0 unspecified atom stereocenters. The minimum Gasteiger partial charge on any atom is -0.313 e. The fraction of sp³-hybridized carbons (Fsp3) is 0.150. The quantitative estimate of drug-likeness (QED) is 0.661. The van der Waals surface area contributed by atoms with Gasteiger partial charge in [0.15, 0.2) is 0 Å². The van der Waals surface area contributed by atoms with Crippen molar-refractivity contribution in [2.45, 2.75) is 6.42 Å². The number of nitrogens with zero attached hydrogens (tertiary/aromatic N) is 2. The second-order valence-electron chi connectivity index (χ2n) is 6.17. The number of hydrogen-bond donors (Lipinski definition) is 3. The molecule has 2 aromatic heterocycles. The summed E-state index contributed by atoms with van der Waals surface area (Å²) in [4.78, 5) is 20.9. The molecule has 0 fully saturated rings. The van der Waals surface area contributed by atoms with Crippen molar-refractivity contribution in [3.05, 3.63) is 66.2 Å². The van der Waals surface area contributed by atoms with E-state index in [1.54, 1.807) is 24.3 Å². The van der Waals surface area contributed by atoms with E-state index in [2.05, 4.69) is 32.0 Å². The van der Waals surface area contributed by atoms with E-state index < -0.39 is 11.8 Å². The summed E-state index contributed by atoms with van der Waals surface area (Å²) < 4.78 is 13.9. The number of hydrogen-bond acceptors (Lipinski definition) is 4. The lowest BCUT2D eigenvalue weighted by Gasteiger charge is -2.14. The first-order chi connectivity index (χ1) is 13.2. The molecule has 0 saturated heterocycles. The van der Waals surface area contributed by atoms with Gasteiger partial charge in [-0.3, -0.25) is 10.3 Å². The second kappa shape index (κ2) is 7.51. The van der Waals surface area contributed by atoms with Crippen LogP contribution in [0.15, 0.2) is 54.7 Å². The molecule has 3 N–H and O–H groups in total. The van der Waals surface area contributed by atoms with Crippen LogP contribution in [0.1, 0.15) is 12.1 Å². The second-order valence-corrected chi connectivity index (χ2v) is 6.17. The number of carbonyl (C=O) groups excluding carboxylic acids is 1. The zero-order valence-electron chi connectivity index (χ0n) is 14.5. The van der Waals surface area contributed by atoms with Crippen LogP contribution in [-0.4, -0.2) is 29.1 Å². The molecular formula is C20H18FN5O. The first-order valence-electron chi connectivity index (χ1n) is 8.69. The summed E-state index contributed by atoms with van der Waals surface area (Å²) in [6.07, 6.45) is 4.47. The van der Waals surface area contributed by atoms with Gasteiger partial charge in [0.2, 0.25) is 0 Å². The lowest BCUT2D eigenvalue weighted by molar-refractivity contribution is 0.262. The Kier molecular flexibility index (Phi) is 4.76. The van der Waals surface area contributed by atoms with Gasteiger partial charge < -0.3 is 10.6 Å². The molecule has 0 spiro atoms. The van der Waals surface area contributed by atoms with E-state index in [9.17, 15) is 9.18 Å². The third-order valence-electron chi connectivity index (χ3n) is 4.35. The van der Waals surface area contributed by atoms with E-state index in [1.165, 1.54) is 12.3 Å². The van der Waals surface area contributed by atoms with Crippen molar-refractivity contribution >= 4 is 34.0 Å². The molecule has 136 valence electrons. The Balaban J connectivity index is 1.52. The monoisotopic (exact) mass is 363 g/mol. The van der Waals surface area contributed by atoms with E-state index in [0.29, 0.717) is 16.9 Å². The summed E-state index contributed by atoms with van der Waals surface area (Å²) in [5.41, 5.74) is 2.71. The highest BCUT2D eigenvalue weighted by Gasteiger charge is 2.11. The van der Waals surface area contributed by atoms with Gasteiger partial charge in [0.05, 0.1) is 11.4 Å². The Morgan fingerprint density at radius 2 is 2.00 bits per heavy atom. The Morgan fingerprint density at radius 1 is 1.11 bits per heavy atom. The smallest absolute Gasteiger partial charge is 0.313 e. The number of para-hydroxylation sites is 1. The molecule has 0 bridgehead atoms. The van der Waals surface area contributed by atoms with Gasteiger partial charge in [-0.2, -0.15) is 0 Å². The predicted molar refractivity (Wildman–Crippen MR) is 104 cm³/mol. The van der Waals surface area contributed by atoms with Gasteiger partial charge in [-0.05, 0) is 42.8 Å². The summed E-state index contributed by atoms with van der Waals surface area (Å²) >= 11 is 0. The molecule has 4 rings (SSSR count). The topological polar surface area (TPSA) is 78.9 Å². The number of rotatable bonds is 3. The first kappa shape index (κ1) is 17.1.